The number of halogens is 3. The zero-order valence-corrected chi connectivity index (χ0v) is 12.7. The highest BCUT2D eigenvalue weighted by Crippen LogP contribution is 2.30. The van der Waals surface area contributed by atoms with E-state index in [2.05, 4.69) is 20.3 Å². The van der Waals surface area contributed by atoms with E-state index >= 15 is 0 Å². The Kier molecular flexibility index (Phi) is 3.99. The second-order valence-corrected chi connectivity index (χ2v) is 5.67. The highest BCUT2D eigenvalue weighted by molar-refractivity contribution is 7.14. The number of nitrogens with zero attached hydrogens (tertiary/aromatic N) is 3. The molecule has 3 aromatic rings. The molecule has 0 bridgehead atoms. The van der Waals surface area contributed by atoms with E-state index in [1.165, 1.54) is 17.4 Å². The summed E-state index contributed by atoms with van der Waals surface area (Å²) in [5, 5.41) is 5.39. The lowest BCUT2D eigenvalue weighted by Crippen LogP contribution is -2.05. The average molecular weight is 336 g/mol. The predicted octanol–water partition coefficient (Wildman–Crippen LogP) is 4.67. The Hall–Kier alpha value is -2.48. The van der Waals surface area contributed by atoms with Crippen molar-refractivity contribution in [1.29, 1.82) is 0 Å². The van der Waals surface area contributed by atoms with Gasteiger partial charge in [0.25, 0.3) is 0 Å². The number of aromatic nitrogens is 3. The number of hydrogen-bond acceptors (Lipinski definition) is 5. The molecular formula is C15H11F3N4S. The van der Waals surface area contributed by atoms with Gasteiger partial charge in [0.15, 0.2) is 5.13 Å². The Morgan fingerprint density at radius 3 is 2.57 bits per heavy atom. The molecular weight excluding hydrogens is 325 g/mol. The topological polar surface area (TPSA) is 50.7 Å². The Bertz CT molecular complexity index is 812. The molecule has 0 aromatic carbocycles. The fourth-order valence-corrected chi connectivity index (χ4v) is 2.59. The molecule has 0 aliphatic carbocycles. The lowest BCUT2D eigenvalue weighted by atomic mass is 10.2. The van der Waals surface area contributed by atoms with Gasteiger partial charge in [-0.1, -0.05) is 0 Å². The van der Waals surface area contributed by atoms with Crippen molar-refractivity contribution >= 4 is 22.3 Å². The minimum Gasteiger partial charge on any atom is -0.316 e. The van der Waals surface area contributed by atoms with Crippen LogP contribution in [0.4, 0.5) is 24.1 Å². The van der Waals surface area contributed by atoms with Crippen molar-refractivity contribution in [3.63, 3.8) is 0 Å². The lowest BCUT2D eigenvalue weighted by molar-refractivity contribution is -0.137. The molecule has 0 saturated carbocycles. The van der Waals surface area contributed by atoms with Crippen LogP contribution in [-0.4, -0.2) is 15.0 Å². The summed E-state index contributed by atoms with van der Waals surface area (Å²) in [6, 6.07) is 6.06. The van der Waals surface area contributed by atoms with Gasteiger partial charge in [-0.05, 0) is 36.8 Å². The Morgan fingerprint density at radius 2 is 1.91 bits per heavy atom. The zero-order chi connectivity index (χ0) is 16.4. The predicted molar refractivity (Wildman–Crippen MR) is 82.6 cm³/mol. The summed E-state index contributed by atoms with van der Waals surface area (Å²) in [5.74, 6) is 0.659. The van der Waals surface area contributed by atoms with Crippen molar-refractivity contribution < 1.29 is 13.2 Å². The molecule has 1 N–H and O–H groups in total. The molecule has 0 saturated heterocycles. The molecule has 0 aliphatic rings. The average Bonchev–Trinajstić information content (AvgIpc) is 2.95. The maximum atomic E-state index is 12.5. The molecule has 0 atom stereocenters. The van der Waals surface area contributed by atoms with Crippen LogP contribution in [0, 0.1) is 6.92 Å². The third-order valence-corrected chi connectivity index (χ3v) is 3.77. The van der Waals surface area contributed by atoms with Gasteiger partial charge >= 0.3 is 6.18 Å². The van der Waals surface area contributed by atoms with E-state index in [4.69, 9.17) is 0 Å². The second-order valence-electron chi connectivity index (χ2n) is 4.81. The third-order valence-electron chi connectivity index (χ3n) is 3.01. The number of pyridine rings is 2. The monoisotopic (exact) mass is 336 g/mol. The maximum absolute atomic E-state index is 12.5. The van der Waals surface area contributed by atoms with Gasteiger partial charge in [0.05, 0.1) is 11.3 Å². The molecule has 3 rings (SSSR count). The highest BCUT2D eigenvalue weighted by Gasteiger charge is 2.30. The van der Waals surface area contributed by atoms with Crippen LogP contribution in [0.15, 0.2) is 42.0 Å². The molecule has 0 aliphatic heterocycles. The summed E-state index contributed by atoms with van der Waals surface area (Å²) in [7, 11) is 0. The standard InChI is InChI=1S/C15H11F3N4S/c1-9-4-5-19-13(6-9)22-14-21-12(8-23-14)11-3-2-10(7-20-11)15(16,17)18/h2-8H,1H3,(H,19,21,22). The van der Waals surface area contributed by atoms with Crippen LogP contribution in [-0.2, 0) is 6.18 Å². The Balaban J connectivity index is 1.79. The molecule has 4 nitrogen and oxygen atoms in total. The first-order valence-corrected chi connectivity index (χ1v) is 7.48. The van der Waals surface area contributed by atoms with E-state index in [9.17, 15) is 13.2 Å². The fraction of sp³-hybridized carbons (Fsp3) is 0.133. The van der Waals surface area contributed by atoms with E-state index in [0.29, 0.717) is 22.3 Å². The quantitative estimate of drug-likeness (QED) is 0.755. The molecule has 3 aromatic heterocycles. The van der Waals surface area contributed by atoms with Crippen LogP contribution in [0.3, 0.4) is 0 Å². The van der Waals surface area contributed by atoms with Crippen LogP contribution >= 0.6 is 11.3 Å². The van der Waals surface area contributed by atoms with Crippen molar-refractivity contribution in [2.45, 2.75) is 13.1 Å². The molecule has 0 amide bonds. The van der Waals surface area contributed by atoms with Crippen LogP contribution < -0.4 is 5.32 Å². The van der Waals surface area contributed by atoms with Gasteiger partial charge in [-0.3, -0.25) is 4.98 Å². The minimum absolute atomic E-state index is 0.388. The van der Waals surface area contributed by atoms with Gasteiger partial charge in [-0.25, -0.2) is 9.97 Å². The summed E-state index contributed by atoms with van der Waals surface area (Å²) in [4.78, 5) is 12.3. The lowest BCUT2D eigenvalue weighted by Gasteiger charge is -2.05. The number of anilines is 2. The fourth-order valence-electron chi connectivity index (χ4n) is 1.88. The van der Waals surface area contributed by atoms with Crippen LogP contribution in [0.1, 0.15) is 11.1 Å². The van der Waals surface area contributed by atoms with E-state index in [1.54, 1.807) is 11.6 Å². The summed E-state index contributed by atoms with van der Waals surface area (Å²) in [5.41, 5.74) is 1.18. The molecule has 118 valence electrons. The first kappa shape index (κ1) is 15.4. The zero-order valence-electron chi connectivity index (χ0n) is 11.9. The van der Waals surface area contributed by atoms with Crippen molar-refractivity contribution in [3.05, 3.63) is 53.2 Å². The van der Waals surface area contributed by atoms with Crippen molar-refractivity contribution in [2.75, 3.05) is 5.32 Å². The molecule has 8 heteroatoms. The summed E-state index contributed by atoms with van der Waals surface area (Å²) >= 11 is 1.33. The number of rotatable bonds is 3. The molecule has 0 spiro atoms. The Morgan fingerprint density at radius 1 is 1.09 bits per heavy atom. The van der Waals surface area contributed by atoms with Gasteiger partial charge < -0.3 is 5.32 Å². The van der Waals surface area contributed by atoms with Gasteiger partial charge in [0.1, 0.15) is 11.5 Å². The van der Waals surface area contributed by atoms with E-state index in [0.717, 1.165) is 17.8 Å². The van der Waals surface area contributed by atoms with Crippen molar-refractivity contribution in [2.24, 2.45) is 0 Å². The summed E-state index contributed by atoms with van der Waals surface area (Å²) in [6.07, 6.45) is -1.90. The van der Waals surface area contributed by atoms with Gasteiger partial charge in [-0.15, -0.1) is 11.3 Å². The van der Waals surface area contributed by atoms with Gasteiger partial charge in [0.2, 0.25) is 0 Å². The molecule has 0 unspecified atom stereocenters. The van der Waals surface area contributed by atoms with Crippen LogP contribution in [0.25, 0.3) is 11.4 Å². The van der Waals surface area contributed by atoms with E-state index in [1.807, 2.05) is 19.1 Å². The number of hydrogen-bond donors (Lipinski definition) is 1. The second kappa shape index (κ2) is 5.96. The smallest absolute Gasteiger partial charge is 0.316 e. The van der Waals surface area contributed by atoms with Crippen LogP contribution in [0.2, 0.25) is 0 Å². The summed E-state index contributed by atoms with van der Waals surface area (Å²) in [6.45, 7) is 1.95. The van der Waals surface area contributed by atoms with E-state index < -0.39 is 11.7 Å². The highest BCUT2D eigenvalue weighted by atomic mass is 32.1. The molecule has 23 heavy (non-hydrogen) atoms. The van der Waals surface area contributed by atoms with E-state index in [-0.39, 0.29) is 0 Å². The first-order chi connectivity index (χ1) is 10.9. The molecule has 0 fully saturated rings. The molecule has 0 radical (unpaired) electrons. The SMILES string of the molecule is Cc1ccnc(Nc2nc(-c3ccc(C(F)(F)F)cn3)cs2)c1. The third kappa shape index (κ3) is 3.65. The van der Waals surface area contributed by atoms with Gasteiger partial charge in [0, 0.05) is 17.8 Å². The van der Waals surface area contributed by atoms with Gasteiger partial charge in [-0.2, -0.15) is 13.2 Å². The number of thiazole rings is 1. The van der Waals surface area contributed by atoms with Crippen LogP contribution in [0.5, 0.6) is 0 Å². The number of aryl methyl sites for hydroxylation is 1. The Labute approximate surface area is 134 Å². The first-order valence-electron chi connectivity index (χ1n) is 6.60. The number of nitrogens with one attached hydrogen (secondary N) is 1. The summed E-state index contributed by atoms with van der Waals surface area (Å²) < 4.78 is 37.6. The van der Waals surface area contributed by atoms with Crippen molar-refractivity contribution in [3.8, 4) is 11.4 Å². The largest absolute Gasteiger partial charge is 0.417 e. The maximum Gasteiger partial charge on any atom is 0.417 e. The van der Waals surface area contributed by atoms with Crippen molar-refractivity contribution in [1.82, 2.24) is 15.0 Å². The normalized spacial score (nSPS) is 11.5. The molecule has 3 heterocycles. The number of alkyl halides is 3. The minimum atomic E-state index is -4.39.